The van der Waals surface area contributed by atoms with Crippen LogP contribution in [-0.2, 0) is 97.5 Å². The van der Waals surface area contributed by atoms with E-state index in [1.165, 1.54) is 43.0 Å². The zero-order valence-electron chi connectivity index (χ0n) is 57.0. The molecule has 12 amide bonds. The first kappa shape index (κ1) is 78.9. The molecule has 552 valence electrons. The number of primary amides is 1. The summed E-state index contributed by atoms with van der Waals surface area (Å²) in [7, 11) is 0. The Kier molecular flexibility index (Phi) is 27.6. The van der Waals surface area contributed by atoms with Crippen LogP contribution in [0, 0.1) is 17.7 Å². The number of hydrogen-bond acceptors (Lipinski definition) is 18. The van der Waals surface area contributed by atoms with Crippen molar-refractivity contribution in [2.24, 2.45) is 23.3 Å². The lowest BCUT2D eigenvalue weighted by Crippen LogP contribution is -2.66. The van der Waals surface area contributed by atoms with Crippen molar-refractivity contribution in [3.63, 3.8) is 0 Å². The molecule has 4 saturated heterocycles. The Bertz CT molecular complexity index is 3640. The van der Waals surface area contributed by atoms with Crippen molar-refractivity contribution in [1.29, 1.82) is 0 Å². The first-order valence-electron chi connectivity index (χ1n) is 33.6. The SMILES string of the molecule is CC(C)C1NC(=O)[C@@H](C(C)N)NC(=O)CNC2OC2(CC(=O)O)NC(=O)CNC(=O)[C@H](CC(=O)O)NC(=O)[C@H](C(C)C(=O)O)NC(=O)[C@H]2CCCCN2C(=O)C(NC(=O)[C@H](CC(N)=O)NC(=O)c2ccc(CCc3ccc(CCc4ccc(F)cc4)cc3)cc2)[C@@H](C)NC(=O)[C@@H]2CCCN2C1=O. The Hall–Kier alpha value is -10.5. The number of ether oxygens (including phenoxy) is 1. The Morgan fingerprint density at radius 1 is 0.627 bits per heavy atom. The van der Waals surface area contributed by atoms with Gasteiger partial charge in [-0.2, -0.15) is 0 Å². The second-order valence-electron chi connectivity index (χ2n) is 26.4. The normalized spacial score (nSPS) is 25.5. The van der Waals surface area contributed by atoms with Crippen LogP contribution >= 0.6 is 0 Å². The average molecular weight is 1430 g/mol. The molecule has 0 aromatic heterocycles. The topological polar surface area (TPSA) is 508 Å². The number of benzene rings is 3. The molecule has 0 saturated carbocycles. The monoisotopic (exact) mass is 1420 g/mol. The minimum absolute atomic E-state index is 0.0265. The number of piperidine rings is 1. The largest absolute Gasteiger partial charge is 0.481 e. The van der Waals surface area contributed by atoms with E-state index in [4.69, 9.17) is 16.2 Å². The number of carboxylic acids is 3. The summed E-state index contributed by atoms with van der Waals surface area (Å²) in [6.07, 6.45) is -1.07. The molecule has 6 unspecified atom stereocenters. The van der Waals surface area contributed by atoms with Gasteiger partial charge in [-0.15, -0.1) is 0 Å². The molecular weight excluding hydrogens is 1340 g/mol. The molecule has 33 nitrogen and oxygen atoms in total. The van der Waals surface area contributed by atoms with Gasteiger partial charge in [0.2, 0.25) is 65.0 Å². The maximum Gasteiger partial charge on any atom is 0.308 e. The van der Waals surface area contributed by atoms with Crippen molar-refractivity contribution >= 4 is 88.8 Å². The molecule has 0 bridgehead atoms. The van der Waals surface area contributed by atoms with Gasteiger partial charge in [0.1, 0.15) is 54.2 Å². The number of carboxylic acid groups (broad SMARTS) is 3. The molecule has 4 heterocycles. The number of fused-ring (bicyclic) bond motifs is 3. The smallest absolute Gasteiger partial charge is 0.308 e. The van der Waals surface area contributed by atoms with Crippen LogP contribution in [0.3, 0.4) is 0 Å². The summed E-state index contributed by atoms with van der Waals surface area (Å²) in [5.41, 5.74) is 13.9. The van der Waals surface area contributed by atoms with Crippen molar-refractivity contribution in [2.45, 2.75) is 184 Å². The van der Waals surface area contributed by atoms with Crippen LogP contribution < -0.4 is 64.6 Å². The molecule has 4 aliphatic rings. The lowest BCUT2D eigenvalue weighted by atomic mass is 9.96. The summed E-state index contributed by atoms with van der Waals surface area (Å²) in [4.78, 5) is 209. The third-order valence-electron chi connectivity index (χ3n) is 18.1. The highest BCUT2D eigenvalue weighted by atomic mass is 19.1. The predicted octanol–water partition coefficient (Wildman–Crippen LogP) is -2.77. The van der Waals surface area contributed by atoms with Gasteiger partial charge in [0, 0.05) is 24.7 Å². The number of carbonyl (C=O) groups excluding carboxylic acids is 12. The van der Waals surface area contributed by atoms with Gasteiger partial charge in [-0.3, -0.25) is 77.2 Å². The molecule has 7 rings (SSSR count). The predicted molar refractivity (Wildman–Crippen MR) is 357 cm³/mol. The minimum atomic E-state index is -2.13. The Morgan fingerprint density at radius 3 is 1.71 bits per heavy atom. The van der Waals surface area contributed by atoms with Crippen LogP contribution in [0.2, 0.25) is 0 Å². The second kappa shape index (κ2) is 35.7. The minimum Gasteiger partial charge on any atom is -0.481 e. The zero-order chi connectivity index (χ0) is 74.9. The lowest BCUT2D eigenvalue weighted by Gasteiger charge is -2.39. The number of carbonyl (C=O) groups is 15. The van der Waals surface area contributed by atoms with E-state index in [2.05, 4.69) is 53.2 Å². The molecule has 0 radical (unpaired) electrons. The summed E-state index contributed by atoms with van der Waals surface area (Å²) < 4.78 is 18.9. The molecule has 3 aromatic carbocycles. The fraction of sp³-hybridized carbons (Fsp3) is 0.515. The highest BCUT2D eigenvalue weighted by Crippen LogP contribution is 2.35. The van der Waals surface area contributed by atoms with E-state index < -0.39 is 205 Å². The number of nitrogens with one attached hydrogen (secondary N) is 10. The van der Waals surface area contributed by atoms with Crippen LogP contribution in [-0.4, -0.2) is 212 Å². The summed E-state index contributed by atoms with van der Waals surface area (Å²) >= 11 is 0. The van der Waals surface area contributed by atoms with Crippen LogP contribution in [0.5, 0.6) is 0 Å². The molecule has 3 aromatic rings. The molecular formula is C68H89FN14O19. The highest BCUT2D eigenvalue weighted by molar-refractivity contribution is 6.02. The Morgan fingerprint density at radius 2 is 1.16 bits per heavy atom. The number of aliphatic carboxylic acids is 3. The fourth-order valence-corrected chi connectivity index (χ4v) is 12.3. The Balaban J connectivity index is 1.17. The molecule has 4 aliphatic heterocycles. The molecule has 0 spiro atoms. The number of nitrogens with zero attached hydrogens (tertiary/aromatic N) is 2. The molecule has 34 heteroatoms. The van der Waals surface area contributed by atoms with Gasteiger partial charge >= 0.3 is 17.9 Å². The van der Waals surface area contributed by atoms with E-state index in [0.29, 0.717) is 12.8 Å². The maximum absolute atomic E-state index is 15.4. The number of rotatable bonds is 20. The zero-order valence-corrected chi connectivity index (χ0v) is 57.0. The summed E-state index contributed by atoms with van der Waals surface area (Å²) in [6.45, 7) is 4.86. The van der Waals surface area contributed by atoms with Gasteiger partial charge in [0.05, 0.1) is 44.3 Å². The second-order valence-corrected chi connectivity index (χ2v) is 26.4. The van der Waals surface area contributed by atoms with E-state index in [1.807, 2.05) is 24.3 Å². The lowest BCUT2D eigenvalue weighted by molar-refractivity contribution is -0.149. The number of epoxide rings is 1. The van der Waals surface area contributed by atoms with Crippen molar-refractivity contribution in [3.8, 4) is 0 Å². The van der Waals surface area contributed by atoms with E-state index in [1.54, 1.807) is 38.1 Å². The molecule has 0 aliphatic carbocycles. The first-order chi connectivity index (χ1) is 48.2. The van der Waals surface area contributed by atoms with E-state index >= 15 is 4.79 Å². The number of amides is 12. The Labute approximate surface area is 586 Å². The van der Waals surface area contributed by atoms with Gasteiger partial charge in [0.25, 0.3) is 5.91 Å². The van der Waals surface area contributed by atoms with E-state index in [-0.39, 0.29) is 56.6 Å². The standard InChI is InChI=1S/C68H89FN14O19/c1-34(2)53-64(98)83-28-8-10-47(83)60(94)74-37(5)56(80-59(93)44(29-48(71)84)75-57(91)42-23-19-40(20-24-42)17-15-38-11-13-39(14-12-38)16-18-41-21-25-43(69)26-22-41)65(99)82-27-7-6-9-46(82)61(95)79-54(35(3)66(100)101)62(96)76-45(30-51(87)88)58(92)72-33-50(86)81-68(31-52(89)90)67(102-68)73-32-49(85)77-55(36(4)70)63(97)78-53/h11-14,19-26,34-37,44-47,53-56,67,73H,6-10,15-18,27-33,70H2,1-5H3,(H2,71,84)(H,72,92)(H,74,94)(H,75,91)(H,76,96)(H,77,85)(H,78,97)(H,79,95)(H,80,93)(H,81,86)(H,87,88)(H,89,90)(H,100,101)/t35?,36?,37-,44+,45+,46-,47+,53?,54+,55-,56?,67?,68?/m1/s1. The van der Waals surface area contributed by atoms with Crippen molar-refractivity contribution in [3.05, 3.63) is 106 Å². The molecule has 102 heavy (non-hydrogen) atoms. The van der Waals surface area contributed by atoms with Gasteiger partial charge in [-0.05, 0) is 131 Å². The number of aryl methyl sites for hydroxylation is 4. The van der Waals surface area contributed by atoms with Crippen LogP contribution in [0.15, 0.2) is 72.8 Å². The summed E-state index contributed by atoms with van der Waals surface area (Å²) in [5.74, 6) is -20.4. The van der Waals surface area contributed by atoms with Crippen molar-refractivity contribution in [2.75, 3.05) is 26.2 Å². The summed E-state index contributed by atoms with van der Waals surface area (Å²) in [5, 5.41) is 54.0. The van der Waals surface area contributed by atoms with Crippen molar-refractivity contribution < 1.29 is 96.4 Å². The highest BCUT2D eigenvalue weighted by Gasteiger charge is 2.59. The third kappa shape index (κ3) is 21.8. The van der Waals surface area contributed by atoms with Crippen LogP contribution in [0.25, 0.3) is 0 Å². The third-order valence-corrected chi connectivity index (χ3v) is 18.1. The number of nitrogens with two attached hydrogens (primary N) is 2. The molecule has 13 atom stereocenters. The number of halogens is 1. The van der Waals surface area contributed by atoms with Crippen LogP contribution in [0.4, 0.5) is 4.39 Å². The number of hydrogen-bond donors (Lipinski definition) is 15. The summed E-state index contributed by atoms with van der Waals surface area (Å²) in [6, 6.07) is 4.48. The van der Waals surface area contributed by atoms with Crippen LogP contribution in [0.1, 0.15) is 119 Å². The first-order valence-corrected chi connectivity index (χ1v) is 33.6. The molecule has 17 N–H and O–H groups in total. The maximum atomic E-state index is 15.4. The van der Waals surface area contributed by atoms with Gasteiger partial charge in [-0.25, -0.2) is 4.39 Å². The quantitative estimate of drug-likeness (QED) is 0.0509. The molecule has 4 fully saturated rings. The average Bonchev–Trinajstić information content (AvgIpc) is 1.59. The van der Waals surface area contributed by atoms with Gasteiger partial charge in [-0.1, -0.05) is 62.4 Å². The fourth-order valence-electron chi connectivity index (χ4n) is 12.3. The van der Waals surface area contributed by atoms with Gasteiger partial charge in [0.15, 0.2) is 12.0 Å². The van der Waals surface area contributed by atoms with E-state index in [9.17, 15) is 86.8 Å². The van der Waals surface area contributed by atoms with E-state index in [0.717, 1.165) is 46.9 Å². The van der Waals surface area contributed by atoms with Crippen molar-refractivity contribution in [1.82, 2.24) is 63.0 Å². The van der Waals surface area contributed by atoms with Gasteiger partial charge < -0.3 is 89.2 Å².